The summed E-state index contributed by atoms with van der Waals surface area (Å²) >= 11 is 1.73. The molecule has 1 rings (SSSR count). The second-order valence-electron chi connectivity index (χ2n) is 4.64. The van der Waals surface area contributed by atoms with Crippen LogP contribution in [0.5, 0.6) is 0 Å². The predicted octanol–water partition coefficient (Wildman–Crippen LogP) is 2.06. The van der Waals surface area contributed by atoms with E-state index in [2.05, 4.69) is 12.2 Å². The Morgan fingerprint density at radius 1 is 1.38 bits per heavy atom. The van der Waals surface area contributed by atoms with Crippen molar-refractivity contribution in [2.75, 3.05) is 18.8 Å². The fraction of sp³-hybridized carbons (Fsp3) is 0.917. The highest BCUT2D eigenvalue weighted by atomic mass is 32.2. The first-order chi connectivity index (χ1) is 7.59. The molecule has 1 fully saturated rings. The highest BCUT2D eigenvalue weighted by Crippen LogP contribution is 2.26. The summed E-state index contributed by atoms with van der Waals surface area (Å²) < 4.78 is 5.12. The Morgan fingerprint density at radius 2 is 2.00 bits per heavy atom. The topological polar surface area (TPSA) is 38.3 Å². The fourth-order valence-corrected chi connectivity index (χ4v) is 2.96. The number of carbonyl (C=O) groups is 1. The van der Waals surface area contributed by atoms with Gasteiger partial charge in [0.05, 0.1) is 11.9 Å². The van der Waals surface area contributed by atoms with Crippen molar-refractivity contribution < 1.29 is 9.53 Å². The number of esters is 1. The summed E-state index contributed by atoms with van der Waals surface area (Å²) in [6.45, 7) is 8.24. The number of thioether (sulfide) groups is 1. The van der Waals surface area contributed by atoms with E-state index >= 15 is 0 Å². The van der Waals surface area contributed by atoms with Crippen LogP contribution in [0.1, 0.15) is 33.6 Å². The lowest BCUT2D eigenvalue weighted by molar-refractivity contribution is -0.144. The van der Waals surface area contributed by atoms with Gasteiger partial charge in [-0.15, -0.1) is 11.8 Å². The van der Waals surface area contributed by atoms with Gasteiger partial charge in [0.25, 0.3) is 0 Å². The lowest BCUT2D eigenvalue weighted by Gasteiger charge is -2.27. The summed E-state index contributed by atoms with van der Waals surface area (Å²) in [5.41, 5.74) is 0. The Labute approximate surface area is 103 Å². The number of piperidine rings is 1. The molecule has 1 saturated heterocycles. The number of nitrogens with one attached hydrogen (secondary N) is 1. The summed E-state index contributed by atoms with van der Waals surface area (Å²) in [7, 11) is 0. The van der Waals surface area contributed by atoms with Crippen molar-refractivity contribution in [3.05, 3.63) is 0 Å². The monoisotopic (exact) mass is 245 g/mol. The van der Waals surface area contributed by atoms with E-state index in [0.717, 1.165) is 19.0 Å². The molecule has 0 amide bonds. The average Bonchev–Trinajstić information content (AvgIpc) is 2.26. The quantitative estimate of drug-likeness (QED) is 0.753. The van der Waals surface area contributed by atoms with E-state index in [1.54, 1.807) is 11.8 Å². The van der Waals surface area contributed by atoms with Crippen LogP contribution in [0.4, 0.5) is 0 Å². The van der Waals surface area contributed by atoms with Gasteiger partial charge in [-0.3, -0.25) is 4.79 Å². The molecule has 1 aliphatic heterocycles. The van der Waals surface area contributed by atoms with Crippen molar-refractivity contribution >= 4 is 17.7 Å². The lowest BCUT2D eigenvalue weighted by Crippen LogP contribution is -2.32. The average molecular weight is 245 g/mol. The summed E-state index contributed by atoms with van der Waals surface area (Å²) in [4.78, 5) is 11.4. The van der Waals surface area contributed by atoms with E-state index in [-0.39, 0.29) is 12.1 Å². The molecular formula is C12H23NO2S. The first-order valence-electron chi connectivity index (χ1n) is 6.11. The Kier molecular flexibility index (Phi) is 6.21. The van der Waals surface area contributed by atoms with Crippen molar-refractivity contribution in [3.63, 3.8) is 0 Å². The highest BCUT2D eigenvalue weighted by Gasteiger charge is 2.21. The molecule has 0 aliphatic carbocycles. The van der Waals surface area contributed by atoms with Crippen molar-refractivity contribution in [2.45, 2.75) is 45.0 Å². The largest absolute Gasteiger partial charge is 0.462 e. The number of hydrogen-bond donors (Lipinski definition) is 1. The zero-order valence-electron chi connectivity index (χ0n) is 10.5. The molecule has 1 atom stereocenters. The van der Waals surface area contributed by atoms with Gasteiger partial charge in [0, 0.05) is 5.25 Å². The number of rotatable bonds is 5. The van der Waals surface area contributed by atoms with Crippen molar-refractivity contribution in [2.24, 2.45) is 5.92 Å². The Hall–Kier alpha value is -0.220. The Morgan fingerprint density at radius 3 is 2.56 bits per heavy atom. The van der Waals surface area contributed by atoms with E-state index in [1.165, 1.54) is 12.8 Å². The molecule has 4 heteroatoms. The van der Waals surface area contributed by atoms with Gasteiger partial charge in [-0.1, -0.05) is 6.92 Å². The molecule has 0 aromatic carbocycles. The molecule has 1 N–H and O–H groups in total. The molecule has 3 nitrogen and oxygen atoms in total. The maximum Gasteiger partial charge on any atom is 0.316 e. The number of hydrogen-bond acceptors (Lipinski definition) is 4. The van der Waals surface area contributed by atoms with Crippen LogP contribution in [0.2, 0.25) is 0 Å². The normalized spacial score (nSPS) is 19.8. The molecule has 16 heavy (non-hydrogen) atoms. The summed E-state index contributed by atoms with van der Waals surface area (Å²) in [6.07, 6.45) is 2.46. The zero-order valence-corrected chi connectivity index (χ0v) is 11.3. The third-order valence-electron chi connectivity index (χ3n) is 2.88. The minimum absolute atomic E-state index is 0.00212. The minimum atomic E-state index is -0.0826. The van der Waals surface area contributed by atoms with Crippen LogP contribution < -0.4 is 5.32 Å². The predicted molar refractivity (Wildman–Crippen MR) is 68.7 cm³/mol. The second kappa shape index (κ2) is 7.17. The molecule has 0 aromatic heterocycles. The summed E-state index contributed by atoms with van der Waals surface area (Å²) in [5.74, 6) is 1.15. The van der Waals surface area contributed by atoms with Crippen molar-refractivity contribution in [3.8, 4) is 0 Å². The maximum atomic E-state index is 11.4. The van der Waals surface area contributed by atoms with E-state index < -0.39 is 0 Å². The Bertz CT molecular complexity index is 215. The van der Waals surface area contributed by atoms with E-state index in [0.29, 0.717) is 11.0 Å². The molecule has 1 heterocycles. The van der Waals surface area contributed by atoms with Crippen LogP contribution in [0.15, 0.2) is 0 Å². The SMILES string of the molecule is CC(C)OC(=O)CSC(C)C1CCNCC1. The lowest BCUT2D eigenvalue weighted by atomic mass is 9.95. The Balaban J connectivity index is 2.18. The smallest absolute Gasteiger partial charge is 0.316 e. The molecule has 0 bridgehead atoms. The van der Waals surface area contributed by atoms with Crippen LogP contribution in [0.3, 0.4) is 0 Å². The molecule has 1 aliphatic rings. The number of carbonyl (C=O) groups excluding carboxylic acids is 1. The van der Waals surface area contributed by atoms with Crippen LogP contribution in [-0.4, -0.2) is 36.2 Å². The highest BCUT2D eigenvalue weighted by molar-refractivity contribution is 8.00. The molecule has 0 aromatic rings. The molecular weight excluding hydrogens is 222 g/mol. The van der Waals surface area contributed by atoms with Gasteiger partial charge in [0.1, 0.15) is 0 Å². The van der Waals surface area contributed by atoms with Crippen molar-refractivity contribution in [1.29, 1.82) is 0 Å². The first kappa shape index (κ1) is 13.8. The fourth-order valence-electron chi connectivity index (χ4n) is 1.95. The van der Waals surface area contributed by atoms with Crippen LogP contribution >= 0.6 is 11.8 Å². The maximum absolute atomic E-state index is 11.4. The van der Waals surface area contributed by atoms with Crippen LogP contribution in [0, 0.1) is 5.92 Å². The van der Waals surface area contributed by atoms with Gasteiger partial charge in [-0.25, -0.2) is 0 Å². The van der Waals surface area contributed by atoms with Gasteiger partial charge < -0.3 is 10.1 Å². The van der Waals surface area contributed by atoms with Gasteiger partial charge in [0.15, 0.2) is 0 Å². The molecule has 0 radical (unpaired) electrons. The van der Waals surface area contributed by atoms with E-state index in [9.17, 15) is 4.79 Å². The zero-order chi connectivity index (χ0) is 12.0. The molecule has 1 unspecified atom stereocenters. The minimum Gasteiger partial charge on any atom is -0.462 e. The van der Waals surface area contributed by atoms with Crippen LogP contribution in [0.25, 0.3) is 0 Å². The van der Waals surface area contributed by atoms with Gasteiger partial charge in [-0.05, 0) is 45.7 Å². The molecule has 0 spiro atoms. The summed E-state index contributed by atoms with van der Waals surface area (Å²) in [5, 5.41) is 3.92. The van der Waals surface area contributed by atoms with Gasteiger partial charge in [0.2, 0.25) is 0 Å². The standard InChI is InChI=1S/C12H23NO2S/c1-9(2)15-12(14)8-16-10(3)11-4-6-13-7-5-11/h9-11,13H,4-8H2,1-3H3. The third-order valence-corrected chi connectivity index (χ3v) is 4.19. The first-order valence-corrected chi connectivity index (χ1v) is 7.16. The second-order valence-corrected chi connectivity index (χ2v) is 6.01. The van der Waals surface area contributed by atoms with Crippen LogP contribution in [-0.2, 0) is 9.53 Å². The van der Waals surface area contributed by atoms with Crippen molar-refractivity contribution in [1.82, 2.24) is 5.32 Å². The van der Waals surface area contributed by atoms with E-state index in [1.807, 2.05) is 13.8 Å². The van der Waals surface area contributed by atoms with Gasteiger partial charge >= 0.3 is 5.97 Å². The number of ether oxygens (including phenoxy) is 1. The van der Waals surface area contributed by atoms with Gasteiger partial charge in [-0.2, -0.15) is 0 Å². The molecule has 94 valence electrons. The van der Waals surface area contributed by atoms with E-state index in [4.69, 9.17) is 4.74 Å². The third kappa shape index (κ3) is 5.21. The summed E-state index contributed by atoms with van der Waals surface area (Å²) in [6, 6.07) is 0. The molecule has 0 saturated carbocycles.